The summed E-state index contributed by atoms with van der Waals surface area (Å²) in [4.78, 5) is 28.1. The fraction of sp³-hybridized carbons (Fsp3) is 0.276. The fourth-order valence-electron chi connectivity index (χ4n) is 4.32. The summed E-state index contributed by atoms with van der Waals surface area (Å²) in [7, 11) is 2.97. The Morgan fingerprint density at radius 3 is 2.20 bits per heavy atom. The molecular weight excluding hydrogens is 530 g/mol. The van der Waals surface area contributed by atoms with E-state index in [-0.39, 0.29) is 18.7 Å². The van der Waals surface area contributed by atoms with E-state index in [1.807, 2.05) is 12.1 Å². The van der Waals surface area contributed by atoms with Crippen LogP contribution in [0.15, 0.2) is 77.9 Å². The fourth-order valence-corrected chi connectivity index (χ4v) is 4.32. The Hall–Kier alpha value is -4.25. The number of methoxy groups -OCH3 is 2. The summed E-state index contributed by atoms with van der Waals surface area (Å²) in [5.41, 5.74) is 1.10. The first-order chi connectivity index (χ1) is 19.1. The van der Waals surface area contributed by atoms with Crippen LogP contribution in [0.3, 0.4) is 0 Å². The van der Waals surface area contributed by atoms with Crippen LogP contribution >= 0.6 is 0 Å². The lowest BCUT2D eigenvalue weighted by atomic mass is 9.98. The molecule has 1 heterocycles. The van der Waals surface area contributed by atoms with Crippen LogP contribution in [-0.2, 0) is 15.7 Å². The first-order valence-electron chi connectivity index (χ1n) is 12.4. The van der Waals surface area contributed by atoms with Crippen molar-refractivity contribution >= 4 is 17.5 Å². The lowest BCUT2D eigenvalue weighted by Gasteiger charge is -2.27. The molecule has 3 aromatic carbocycles. The molecule has 0 aliphatic carbocycles. The number of nitrogens with zero attached hydrogens (tertiary/aromatic N) is 3. The van der Waals surface area contributed by atoms with Gasteiger partial charge in [0.2, 0.25) is 0 Å². The average Bonchev–Trinajstić information content (AvgIpc) is 3.40. The zero-order valence-corrected chi connectivity index (χ0v) is 21.8. The molecule has 0 N–H and O–H groups in total. The van der Waals surface area contributed by atoms with Crippen LogP contribution in [-0.4, -0.2) is 61.4 Å². The topological polar surface area (TPSA) is 71.4 Å². The van der Waals surface area contributed by atoms with E-state index in [1.165, 1.54) is 29.2 Å². The van der Waals surface area contributed by atoms with E-state index in [9.17, 15) is 27.2 Å². The van der Waals surface area contributed by atoms with Crippen LogP contribution < -0.4 is 4.74 Å². The van der Waals surface area contributed by atoms with Gasteiger partial charge in [0, 0.05) is 25.6 Å². The summed E-state index contributed by atoms with van der Waals surface area (Å²) >= 11 is 0. The average molecular weight is 558 g/mol. The van der Waals surface area contributed by atoms with E-state index in [4.69, 9.17) is 9.47 Å². The minimum absolute atomic E-state index is 0.000492. The second kappa shape index (κ2) is 12.3. The predicted molar refractivity (Wildman–Crippen MR) is 139 cm³/mol. The number of carbonyl (C=O) groups is 2. The normalized spacial score (nSPS) is 15.1. The minimum Gasteiger partial charge on any atom is -0.497 e. The number of amides is 2. The SMILES string of the molecule is COCCN(CC(=O)N1N=C(c2ccc(F)cc2)CC1c1ccc(OC)cc1)C(=O)c1ccc(C(F)(F)F)cc1. The quantitative estimate of drug-likeness (QED) is 0.334. The molecule has 40 heavy (non-hydrogen) atoms. The van der Waals surface area contributed by atoms with E-state index in [1.54, 1.807) is 31.4 Å². The van der Waals surface area contributed by atoms with E-state index >= 15 is 0 Å². The number of benzene rings is 3. The van der Waals surface area contributed by atoms with Crippen molar-refractivity contribution in [2.45, 2.75) is 18.6 Å². The summed E-state index contributed by atoms with van der Waals surface area (Å²) in [5.74, 6) is -0.902. The maximum absolute atomic E-state index is 13.6. The molecule has 210 valence electrons. The number of hydrazone groups is 1. The number of hydrogen-bond acceptors (Lipinski definition) is 5. The molecule has 0 aromatic heterocycles. The van der Waals surface area contributed by atoms with Crippen molar-refractivity contribution < 1.29 is 36.6 Å². The standard InChI is InChI=1S/C29H27F4N3O4/c1-39-16-15-35(28(38)21-3-9-22(10-4-21)29(31,32)33)18-27(37)36-26(20-7-13-24(40-2)14-8-20)17-25(34-36)19-5-11-23(30)12-6-19/h3-14,26H,15-18H2,1-2H3. The number of ether oxygens (including phenoxy) is 2. The molecule has 1 aliphatic heterocycles. The van der Waals surface area contributed by atoms with Crippen LogP contribution in [0.25, 0.3) is 0 Å². The molecule has 1 atom stereocenters. The van der Waals surface area contributed by atoms with Crippen LogP contribution in [0.5, 0.6) is 5.75 Å². The van der Waals surface area contributed by atoms with Gasteiger partial charge in [0.25, 0.3) is 11.8 Å². The van der Waals surface area contributed by atoms with Crippen LogP contribution in [0.4, 0.5) is 17.6 Å². The first kappa shape index (κ1) is 28.8. The van der Waals surface area contributed by atoms with Gasteiger partial charge in [-0.2, -0.15) is 18.3 Å². The Bertz CT molecular complexity index is 1360. The number of carbonyl (C=O) groups excluding carboxylic acids is 2. The third-order valence-corrected chi connectivity index (χ3v) is 6.48. The summed E-state index contributed by atoms with van der Waals surface area (Å²) in [5, 5.41) is 5.84. The second-order valence-corrected chi connectivity index (χ2v) is 9.08. The van der Waals surface area contributed by atoms with E-state index < -0.39 is 42.0 Å². The molecular formula is C29H27F4N3O4. The molecule has 11 heteroatoms. The zero-order valence-electron chi connectivity index (χ0n) is 21.8. The molecule has 0 radical (unpaired) electrons. The first-order valence-corrected chi connectivity index (χ1v) is 12.4. The van der Waals surface area contributed by atoms with Crippen molar-refractivity contribution in [1.29, 1.82) is 0 Å². The van der Waals surface area contributed by atoms with Crippen molar-refractivity contribution in [2.24, 2.45) is 5.10 Å². The van der Waals surface area contributed by atoms with Crippen molar-refractivity contribution in [2.75, 3.05) is 33.9 Å². The number of rotatable bonds is 9. The van der Waals surface area contributed by atoms with E-state index in [0.717, 1.165) is 29.8 Å². The van der Waals surface area contributed by atoms with Crippen LogP contribution in [0.1, 0.15) is 39.5 Å². The highest BCUT2D eigenvalue weighted by atomic mass is 19.4. The molecule has 2 amide bonds. The summed E-state index contributed by atoms with van der Waals surface area (Å²) in [6, 6.07) is 16.2. The van der Waals surface area contributed by atoms with Gasteiger partial charge >= 0.3 is 6.18 Å². The highest BCUT2D eigenvalue weighted by Gasteiger charge is 2.35. The molecule has 0 bridgehead atoms. The highest BCUT2D eigenvalue weighted by Crippen LogP contribution is 2.34. The molecule has 0 spiro atoms. The Kier molecular flexibility index (Phi) is 8.83. The minimum atomic E-state index is -4.54. The molecule has 0 saturated carbocycles. The van der Waals surface area contributed by atoms with Gasteiger partial charge < -0.3 is 14.4 Å². The second-order valence-electron chi connectivity index (χ2n) is 9.08. The monoisotopic (exact) mass is 557 g/mol. The molecule has 0 saturated heterocycles. The van der Waals surface area contributed by atoms with Gasteiger partial charge in [-0.3, -0.25) is 9.59 Å². The van der Waals surface area contributed by atoms with Gasteiger partial charge in [0.05, 0.1) is 31.0 Å². The Labute approximate surface area is 228 Å². The summed E-state index contributed by atoms with van der Waals surface area (Å²) in [6.45, 7) is -0.264. The Balaban J connectivity index is 1.61. The predicted octanol–water partition coefficient (Wildman–Crippen LogP) is 5.32. The van der Waals surface area contributed by atoms with Crippen molar-refractivity contribution in [3.05, 3.63) is 101 Å². The molecule has 1 unspecified atom stereocenters. The van der Waals surface area contributed by atoms with Crippen molar-refractivity contribution in [3.8, 4) is 5.75 Å². The van der Waals surface area contributed by atoms with Gasteiger partial charge in [-0.25, -0.2) is 9.40 Å². The lowest BCUT2D eigenvalue weighted by Crippen LogP contribution is -2.42. The van der Waals surface area contributed by atoms with E-state index in [2.05, 4.69) is 5.10 Å². The summed E-state index contributed by atoms with van der Waals surface area (Å²) < 4.78 is 62.8. The third kappa shape index (κ3) is 6.66. The number of alkyl halides is 3. The highest BCUT2D eigenvalue weighted by molar-refractivity contribution is 6.03. The van der Waals surface area contributed by atoms with Crippen LogP contribution in [0, 0.1) is 5.82 Å². The smallest absolute Gasteiger partial charge is 0.416 e. The van der Waals surface area contributed by atoms with Crippen molar-refractivity contribution in [3.63, 3.8) is 0 Å². The largest absolute Gasteiger partial charge is 0.497 e. The lowest BCUT2D eigenvalue weighted by molar-refractivity contribution is -0.137. The maximum atomic E-state index is 13.6. The Morgan fingerprint density at radius 1 is 0.975 bits per heavy atom. The number of halogens is 4. The van der Waals surface area contributed by atoms with Gasteiger partial charge in [-0.05, 0) is 59.7 Å². The summed E-state index contributed by atoms with van der Waals surface area (Å²) in [6.07, 6.45) is -4.20. The van der Waals surface area contributed by atoms with Gasteiger partial charge in [0.15, 0.2) is 0 Å². The molecule has 4 rings (SSSR count). The number of hydrogen-bond donors (Lipinski definition) is 0. The molecule has 1 aliphatic rings. The Morgan fingerprint density at radius 2 is 1.62 bits per heavy atom. The van der Waals surface area contributed by atoms with Crippen molar-refractivity contribution in [1.82, 2.24) is 9.91 Å². The van der Waals surface area contributed by atoms with Gasteiger partial charge in [0.1, 0.15) is 18.1 Å². The third-order valence-electron chi connectivity index (χ3n) is 6.48. The zero-order chi connectivity index (χ0) is 28.9. The molecule has 0 fully saturated rings. The van der Waals surface area contributed by atoms with Crippen LogP contribution in [0.2, 0.25) is 0 Å². The van der Waals surface area contributed by atoms with Gasteiger partial charge in [-0.15, -0.1) is 0 Å². The molecule has 3 aromatic rings. The van der Waals surface area contributed by atoms with E-state index in [0.29, 0.717) is 23.4 Å². The molecule has 7 nitrogen and oxygen atoms in total. The van der Waals surface area contributed by atoms with Gasteiger partial charge in [-0.1, -0.05) is 24.3 Å². The maximum Gasteiger partial charge on any atom is 0.416 e.